The maximum Gasteiger partial charge on any atom is 0.200 e. The molecule has 5 nitrogen and oxygen atoms in total. The summed E-state index contributed by atoms with van der Waals surface area (Å²) in [6, 6.07) is 10.7. The van der Waals surface area contributed by atoms with Crippen LogP contribution in [0.2, 0.25) is 0 Å². The van der Waals surface area contributed by atoms with Gasteiger partial charge in [-0.2, -0.15) is 5.26 Å². The van der Waals surface area contributed by atoms with Crippen LogP contribution >= 0.6 is 0 Å². The van der Waals surface area contributed by atoms with E-state index in [1.807, 2.05) is 6.07 Å². The third kappa shape index (κ3) is 3.12. The maximum atomic E-state index is 9.87. The van der Waals surface area contributed by atoms with Crippen molar-refractivity contribution in [3.63, 3.8) is 0 Å². The van der Waals surface area contributed by atoms with E-state index in [2.05, 4.69) is 11.1 Å². The minimum Gasteiger partial charge on any atom is -0.502 e. The Morgan fingerprint density at radius 2 is 1.90 bits per heavy atom. The average Bonchev–Trinajstić information content (AvgIpc) is 2.54. The Kier molecular flexibility index (Phi) is 4.42. The first-order valence-electron chi connectivity index (χ1n) is 6.17. The van der Waals surface area contributed by atoms with Gasteiger partial charge in [-0.15, -0.1) is 0 Å². The second-order valence-electron chi connectivity index (χ2n) is 4.16. The molecule has 0 aliphatic heterocycles. The molecule has 0 unspecified atom stereocenters. The lowest BCUT2D eigenvalue weighted by atomic mass is 10.1. The zero-order chi connectivity index (χ0) is 15.2. The minimum atomic E-state index is -0.0755. The molecule has 5 heteroatoms. The Balaban J connectivity index is 2.51. The highest BCUT2D eigenvalue weighted by atomic mass is 16.5. The predicted molar refractivity (Wildman–Crippen MR) is 78.9 cm³/mol. The number of pyridine rings is 1. The van der Waals surface area contributed by atoms with Crippen LogP contribution in [-0.2, 0) is 0 Å². The molecular weight excluding hydrogens is 268 g/mol. The number of hydrogen-bond acceptors (Lipinski definition) is 5. The highest BCUT2D eigenvalue weighted by Gasteiger charge is 2.11. The maximum absolute atomic E-state index is 9.87. The van der Waals surface area contributed by atoms with Gasteiger partial charge in [0.2, 0.25) is 5.75 Å². The Morgan fingerprint density at radius 3 is 2.38 bits per heavy atom. The molecule has 0 fully saturated rings. The van der Waals surface area contributed by atoms with Gasteiger partial charge in [0.15, 0.2) is 11.5 Å². The van der Waals surface area contributed by atoms with E-state index >= 15 is 0 Å². The molecule has 0 saturated carbocycles. The van der Waals surface area contributed by atoms with E-state index in [4.69, 9.17) is 9.47 Å². The molecule has 0 atom stereocenters. The number of rotatable bonds is 4. The highest BCUT2D eigenvalue weighted by Crippen LogP contribution is 2.37. The Hall–Kier alpha value is -3.00. The van der Waals surface area contributed by atoms with Crippen molar-refractivity contribution in [2.24, 2.45) is 0 Å². The Morgan fingerprint density at radius 1 is 1.24 bits per heavy atom. The lowest BCUT2D eigenvalue weighted by Crippen LogP contribution is -1.91. The summed E-state index contributed by atoms with van der Waals surface area (Å²) in [5, 5.41) is 19.2. The van der Waals surface area contributed by atoms with Crippen LogP contribution < -0.4 is 9.47 Å². The highest BCUT2D eigenvalue weighted by molar-refractivity contribution is 5.88. The Bertz CT molecular complexity index is 678. The number of ether oxygens (including phenoxy) is 2. The summed E-state index contributed by atoms with van der Waals surface area (Å²) in [5.41, 5.74) is 1.65. The number of nitrogens with zero attached hydrogens (tertiary/aromatic N) is 2. The van der Waals surface area contributed by atoms with Gasteiger partial charge in [-0.3, -0.25) is 4.98 Å². The van der Waals surface area contributed by atoms with Crippen LogP contribution in [0.5, 0.6) is 17.2 Å². The molecular formula is C16H14N2O3. The van der Waals surface area contributed by atoms with E-state index in [-0.39, 0.29) is 17.2 Å². The molecule has 2 rings (SSSR count). The number of nitriles is 1. The van der Waals surface area contributed by atoms with Crippen molar-refractivity contribution in [2.45, 2.75) is 0 Å². The molecule has 0 aliphatic carbocycles. The molecule has 1 heterocycles. The van der Waals surface area contributed by atoms with Gasteiger partial charge in [0, 0.05) is 6.20 Å². The third-order valence-corrected chi connectivity index (χ3v) is 2.87. The first kappa shape index (κ1) is 14.4. The fraction of sp³-hybridized carbons (Fsp3) is 0.125. The standard InChI is InChI=1S/C16H14N2O3/c1-20-14-8-11(9-15(21-2)16(14)19)7-12(10-17)13-5-3-4-6-18-13/h3-9,19H,1-2H3/b12-7+. The summed E-state index contributed by atoms with van der Waals surface area (Å²) in [4.78, 5) is 4.15. The Labute approximate surface area is 122 Å². The molecule has 0 aliphatic rings. The molecule has 0 bridgehead atoms. The van der Waals surface area contributed by atoms with Gasteiger partial charge in [-0.05, 0) is 35.9 Å². The summed E-state index contributed by atoms with van der Waals surface area (Å²) in [5.74, 6) is 0.478. The molecule has 0 radical (unpaired) electrons. The van der Waals surface area contributed by atoms with Gasteiger partial charge in [0.05, 0.1) is 25.5 Å². The molecule has 1 aromatic heterocycles. The van der Waals surface area contributed by atoms with Gasteiger partial charge in [0.1, 0.15) is 6.07 Å². The predicted octanol–water partition coefficient (Wildman–Crippen LogP) is 2.87. The number of phenolic OH excluding ortho intramolecular Hbond substituents is 1. The van der Waals surface area contributed by atoms with Gasteiger partial charge in [0.25, 0.3) is 0 Å². The van der Waals surface area contributed by atoms with Crippen molar-refractivity contribution in [2.75, 3.05) is 14.2 Å². The second-order valence-corrected chi connectivity index (χ2v) is 4.16. The van der Waals surface area contributed by atoms with E-state index in [0.29, 0.717) is 16.8 Å². The first-order chi connectivity index (χ1) is 10.2. The molecule has 1 N–H and O–H groups in total. The number of aromatic hydroxyl groups is 1. The van der Waals surface area contributed by atoms with Crippen molar-refractivity contribution >= 4 is 11.6 Å². The van der Waals surface area contributed by atoms with Gasteiger partial charge >= 0.3 is 0 Å². The van der Waals surface area contributed by atoms with Crippen molar-refractivity contribution in [3.05, 3.63) is 47.8 Å². The summed E-state index contributed by atoms with van der Waals surface area (Å²) in [6.07, 6.45) is 3.28. The fourth-order valence-electron chi connectivity index (χ4n) is 1.85. The molecule has 0 spiro atoms. The van der Waals surface area contributed by atoms with Crippen LogP contribution in [0.4, 0.5) is 0 Å². The van der Waals surface area contributed by atoms with Crippen molar-refractivity contribution in [1.29, 1.82) is 5.26 Å². The summed E-state index contributed by atoms with van der Waals surface area (Å²) >= 11 is 0. The van der Waals surface area contributed by atoms with Crippen LogP contribution in [0.15, 0.2) is 36.5 Å². The van der Waals surface area contributed by atoms with E-state index in [1.54, 1.807) is 36.5 Å². The second kappa shape index (κ2) is 6.44. The number of benzene rings is 1. The van der Waals surface area contributed by atoms with E-state index in [9.17, 15) is 10.4 Å². The van der Waals surface area contributed by atoms with Crippen molar-refractivity contribution < 1.29 is 14.6 Å². The van der Waals surface area contributed by atoms with Crippen molar-refractivity contribution in [3.8, 4) is 23.3 Å². The molecule has 106 valence electrons. The van der Waals surface area contributed by atoms with Crippen LogP contribution in [0.25, 0.3) is 11.6 Å². The number of phenols is 1. The van der Waals surface area contributed by atoms with E-state index < -0.39 is 0 Å². The summed E-state index contributed by atoms with van der Waals surface area (Å²) in [6.45, 7) is 0. The summed E-state index contributed by atoms with van der Waals surface area (Å²) in [7, 11) is 2.90. The lowest BCUT2D eigenvalue weighted by molar-refractivity contribution is 0.340. The largest absolute Gasteiger partial charge is 0.502 e. The van der Waals surface area contributed by atoms with Crippen LogP contribution in [0.1, 0.15) is 11.3 Å². The quantitative estimate of drug-likeness (QED) is 0.873. The summed E-state index contributed by atoms with van der Waals surface area (Å²) < 4.78 is 10.2. The molecule has 0 amide bonds. The SMILES string of the molecule is COc1cc(/C=C(\C#N)c2ccccn2)cc(OC)c1O. The molecule has 21 heavy (non-hydrogen) atoms. The number of aromatic nitrogens is 1. The molecule has 1 aromatic carbocycles. The number of methoxy groups -OCH3 is 2. The molecule has 0 saturated heterocycles. The van der Waals surface area contributed by atoms with Crippen molar-refractivity contribution in [1.82, 2.24) is 4.98 Å². The first-order valence-corrected chi connectivity index (χ1v) is 6.17. The fourth-order valence-corrected chi connectivity index (χ4v) is 1.85. The van der Waals surface area contributed by atoms with E-state index in [0.717, 1.165) is 0 Å². The number of allylic oxidation sites excluding steroid dienone is 1. The normalized spacial score (nSPS) is 10.8. The van der Waals surface area contributed by atoms with E-state index in [1.165, 1.54) is 14.2 Å². The zero-order valence-electron chi connectivity index (χ0n) is 11.7. The third-order valence-electron chi connectivity index (χ3n) is 2.87. The van der Waals surface area contributed by atoms with Gasteiger partial charge < -0.3 is 14.6 Å². The van der Waals surface area contributed by atoms with Crippen LogP contribution in [0.3, 0.4) is 0 Å². The zero-order valence-corrected chi connectivity index (χ0v) is 11.7. The van der Waals surface area contributed by atoms with Crippen LogP contribution in [-0.4, -0.2) is 24.3 Å². The number of hydrogen-bond donors (Lipinski definition) is 1. The lowest BCUT2D eigenvalue weighted by Gasteiger charge is -2.09. The van der Waals surface area contributed by atoms with Gasteiger partial charge in [-0.25, -0.2) is 0 Å². The van der Waals surface area contributed by atoms with Gasteiger partial charge in [-0.1, -0.05) is 6.07 Å². The van der Waals surface area contributed by atoms with Crippen LogP contribution in [0, 0.1) is 11.3 Å². The average molecular weight is 282 g/mol. The topological polar surface area (TPSA) is 75.4 Å². The molecule has 2 aromatic rings. The minimum absolute atomic E-state index is 0.0755. The smallest absolute Gasteiger partial charge is 0.200 e. The monoisotopic (exact) mass is 282 g/mol.